The summed E-state index contributed by atoms with van der Waals surface area (Å²) in [5.41, 5.74) is 3.65. The molecule has 7 rings (SSSR count). The van der Waals surface area contributed by atoms with Crippen LogP contribution < -0.4 is 9.64 Å². The highest BCUT2D eigenvalue weighted by Crippen LogP contribution is 2.39. The number of rotatable bonds is 9. The number of alkyl halides is 1. The summed E-state index contributed by atoms with van der Waals surface area (Å²) in [6, 6.07) is 4.86. The fourth-order valence-corrected chi connectivity index (χ4v) is 7.78. The van der Waals surface area contributed by atoms with Gasteiger partial charge in [-0.3, -0.25) is 18.7 Å². The van der Waals surface area contributed by atoms with Crippen molar-refractivity contribution in [3.8, 4) is 5.75 Å². The molecule has 1 N–H and O–H groups in total. The Kier molecular flexibility index (Phi) is 20.1. The minimum Gasteiger partial charge on any atom is -0.493 e. The Morgan fingerprint density at radius 3 is 2.15 bits per heavy atom. The predicted molar refractivity (Wildman–Crippen MR) is 254 cm³/mol. The zero-order valence-electron chi connectivity index (χ0n) is 40.6. The Morgan fingerprint density at radius 1 is 0.864 bits per heavy atom. The van der Waals surface area contributed by atoms with Crippen LogP contribution in [0.5, 0.6) is 5.75 Å². The van der Waals surface area contributed by atoms with Gasteiger partial charge in [0.2, 0.25) is 5.91 Å². The molecule has 14 nitrogen and oxygen atoms in total. The number of nitrogens with one attached hydrogen (secondary N) is 1. The first-order chi connectivity index (χ1) is 31.6. The van der Waals surface area contributed by atoms with Gasteiger partial charge in [0, 0.05) is 82.0 Å². The molecule has 1 aromatic carbocycles. The third-order valence-corrected chi connectivity index (χ3v) is 10.7. The third kappa shape index (κ3) is 13.8. The third-order valence-electron chi connectivity index (χ3n) is 10.7. The molecule has 0 bridgehead atoms. The predicted octanol–water partition coefficient (Wildman–Crippen LogP) is 9.72. The van der Waals surface area contributed by atoms with Crippen molar-refractivity contribution in [1.29, 1.82) is 0 Å². The van der Waals surface area contributed by atoms with Crippen LogP contribution in [-0.4, -0.2) is 129 Å². The molecule has 3 aromatic heterocycles. The summed E-state index contributed by atoms with van der Waals surface area (Å²) in [5, 5.41) is 8.33. The monoisotopic (exact) mass is 922 g/mol. The number of amides is 3. The van der Waals surface area contributed by atoms with Crippen molar-refractivity contribution >= 4 is 45.8 Å². The van der Waals surface area contributed by atoms with Crippen LogP contribution in [0.4, 0.5) is 23.8 Å². The Morgan fingerprint density at radius 2 is 1.55 bits per heavy atom. The number of aromatic amines is 1. The van der Waals surface area contributed by atoms with Gasteiger partial charge in [0.15, 0.2) is 17.4 Å². The molecule has 0 atom stereocenters. The number of aryl methyl sites for hydroxylation is 1. The Balaban J connectivity index is 0.000000979. The maximum absolute atomic E-state index is 17.0. The molecule has 1 fully saturated rings. The zero-order valence-corrected chi connectivity index (χ0v) is 40.6. The van der Waals surface area contributed by atoms with Crippen LogP contribution in [-0.2, 0) is 16.1 Å². The van der Waals surface area contributed by atoms with Crippen molar-refractivity contribution in [1.82, 2.24) is 39.7 Å². The van der Waals surface area contributed by atoms with Gasteiger partial charge >= 0.3 is 6.09 Å². The summed E-state index contributed by atoms with van der Waals surface area (Å²) in [6.07, 6.45) is 10.4. The second kappa shape index (κ2) is 25.2. The van der Waals surface area contributed by atoms with Crippen LogP contribution in [0.25, 0.3) is 22.0 Å². The molecule has 4 aromatic rings. The number of ether oxygens (including phenoxy) is 2. The van der Waals surface area contributed by atoms with E-state index in [0.717, 1.165) is 22.9 Å². The molecule has 3 aliphatic rings. The number of pyridine rings is 1. The van der Waals surface area contributed by atoms with Crippen molar-refractivity contribution in [3.05, 3.63) is 76.9 Å². The summed E-state index contributed by atoms with van der Waals surface area (Å²) in [4.78, 5) is 55.0. The van der Waals surface area contributed by atoms with Gasteiger partial charge in [-0.25, -0.2) is 18.6 Å². The lowest BCUT2D eigenvalue weighted by molar-refractivity contribution is -0.131. The van der Waals surface area contributed by atoms with Crippen LogP contribution in [0.2, 0.25) is 0 Å². The fraction of sp³-hybridized carbons (Fsp3) is 0.551. The minimum absolute atomic E-state index is 0.0650. The van der Waals surface area contributed by atoms with E-state index in [1.165, 1.54) is 32.9 Å². The van der Waals surface area contributed by atoms with Crippen molar-refractivity contribution < 1.29 is 37.0 Å². The van der Waals surface area contributed by atoms with Crippen molar-refractivity contribution in [3.63, 3.8) is 0 Å². The van der Waals surface area contributed by atoms with E-state index in [4.69, 9.17) is 9.47 Å². The van der Waals surface area contributed by atoms with Crippen molar-refractivity contribution in [2.45, 2.75) is 113 Å². The second-order valence-corrected chi connectivity index (χ2v) is 17.2. The number of hydrogen-bond acceptors (Lipinski definition) is 9. The molecule has 3 aliphatic heterocycles. The number of H-pyrrole nitrogens is 1. The molecule has 6 heterocycles. The molecule has 3 amide bonds. The quantitative estimate of drug-likeness (QED) is 0.174. The highest BCUT2D eigenvalue weighted by Gasteiger charge is 2.32. The van der Waals surface area contributed by atoms with E-state index in [1.54, 1.807) is 37.8 Å². The van der Waals surface area contributed by atoms with E-state index in [9.17, 15) is 23.2 Å². The number of halogens is 3. The van der Waals surface area contributed by atoms with Crippen LogP contribution in [0.15, 0.2) is 48.4 Å². The molecule has 0 aliphatic carbocycles. The molecule has 0 radical (unpaired) electrons. The molecule has 0 spiro atoms. The topological polar surface area (TPSA) is 142 Å². The smallest absolute Gasteiger partial charge is 0.410 e. The maximum atomic E-state index is 17.0. The van der Waals surface area contributed by atoms with Gasteiger partial charge in [0.1, 0.15) is 17.1 Å². The second-order valence-electron chi connectivity index (χ2n) is 17.2. The van der Waals surface area contributed by atoms with Crippen molar-refractivity contribution in [2.24, 2.45) is 0 Å². The van der Waals surface area contributed by atoms with E-state index in [0.29, 0.717) is 99.7 Å². The number of nitrogens with zero attached hydrogens (tertiary/aromatic N) is 8. The largest absolute Gasteiger partial charge is 0.493 e. The number of hydrogen-bond donors (Lipinski definition) is 1. The number of carbonyl (C=O) groups is 3. The first-order valence-corrected chi connectivity index (χ1v) is 23.2. The minimum atomic E-state index is -0.643. The van der Waals surface area contributed by atoms with Gasteiger partial charge in [-0.1, -0.05) is 58.7 Å². The average molecular weight is 922 g/mol. The summed E-state index contributed by atoms with van der Waals surface area (Å²) < 4.78 is 53.7. The number of piperazine rings is 1. The average Bonchev–Trinajstić information content (AvgIpc) is 4.00. The number of fused-ring (bicyclic) bond motifs is 1. The normalized spacial score (nSPS) is 15.2. The number of methoxy groups -OCH3 is 1. The van der Waals surface area contributed by atoms with Crippen LogP contribution in [0, 0.1) is 11.6 Å². The van der Waals surface area contributed by atoms with Crippen LogP contribution in [0.1, 0.15) is 122 Å². The molecule has 1 saturated heterocycles. The van der Waals surface area contributed by atoms with Crippen LogP contribution in [0.3, 0.4) is 0 Å². The van der Waals surface area contributed by atoms with E-state index in [-0.39, 0.29) is 48.8 Å². The van der Waals surface area contributed by atoms with Gasteiger partial charge in [-0.05, 0) is 81.4 Å². The highest BCUT2D eigenvalue weighted by molar-refractivity contribution is 6.03. The Labute approximate surface area is 388 Å². The standard InChI is InChI=1S/C41H49F2N9O5.2C3H8.C2H5F/c1-6-26-24-51(40(55)57-41(2,3)4)13-9-29(26)31-21-30(27-8-7-12-50(25-27)35(53)10-14-52-15-11-45-47-52)36(43)37-32(31)22-33(46-37)39(54)49-18-16-48(17-19-49)38-34(56-5)20-28(42)23-44-38;2*1-3-2;1-2-3/h8,11,15,20-23,46H,6-7,9-10,12-14,16-19,24-25H2,1-5H3;2*3H2,1-2H3;2H2,1H3. The number of aromatic nitrogens is 5. The van der Waals surface area contributed by atoms with Gasteiger partial charge in [0.05, 0.1) is 38.2 Å². The molecule has 17 heteroatoms. The van der Waals surface area contributed by atoms with Gasteiger partial charge in [-0.2, -0.15) is 0 Å². The van der Waals surface area contributed by atoms with Gasteiger partial charge < -0.3 is 34.1 Å². The molecule has 66 heavy (non-hydrogen) atoms. The molecule has 362 valence electrons. The van der Waals surface area contributed by atoms with Gasteiger partial charge in [0.25, 0.3) is 5.91 Å². The summed E-state index contributed by atoms with van der Waals surface area (Å²) in [6.45, 7) is 20.7. The Hall–Kier alpha value is -5.87. The Bertz CT molecular complexity index is 2270. The summed E-state index contributed by atoms with van der Waals surface area (Å²) >= 11 is 0. The molecule has 0 unspecified atom stereocenters. The fourth-order valence-electron chi connectivity index (χ4n) is 7.78. The highest BCUT2D eigenvalue weighted by atomic mass is 19.1. The first kappa shape index (κ1) is 52.8. The lowest BCUT2D eigenvalue weighted by Crippen LogP contribution is -2.49. The molecular formula is C49H70F3N9O5. The molecular weight excluding hydrogens is 852 g/mol. The van der Waals surface area contributed by atoms with E-state index >= 15 is 4.39 Å². The van der Waals surface area contributed by atoms with E-state index in [1.807, 2.05) is 44.7 Å². The van der Waals surface area contributed by atoms with E-state index in [2.05, 4.69) is 48.0 Å². The summed E-state index contributed by atoms with van der Waals surface area (Å²) in [7, 11) is 1.46. The van der Waals surface area contributed by atoms with Gasteiger partial charge in [-0.15, -0.1) is 5.10 Å². The zero-order chi connectivity index (χ0) is 48.6. The van der Waals surface area contributed by atoms with E-state index < -0.39 is 17.2 Å². The first-order valence-electron chi connectivity index (χ1n) is 23.2. The SMILES string of the molecule is CCC.CCC.CCC1=C(c2cc(C3=CCCN(C(=O)CCn4ccnn4)C3)c(F)c3[nH]c(C(=O)N4CCN(c5ncc(F)cc5OC)CC4)cc23)CCN(C(=O)OC(C)(C)C)C1.CCF. The number of anilines is 1. The maximum Gasteiger partial charge on any atom is 0.410 e. The lowest BCUT2D eigenvalue weighted by atomic mass is 9.87. The molecule has 0 saturated carbocycles. The lowest BCUT2D eigenvalue weighted by Gasteiger charge is -2.35. The van der Waals surface area contributed by atoms with Crippen LogP contribution >= 0.6 is 0 Å². The number of benzene rings is 1. The van der Waals surface area contributed by atoms with Crippen molar-refractivity contribution in [2.75, 3.05) is 71.0 Å². The summed E-state index contributed by atoms with van der Waals surface area (Å²) in [5.74, 6) is -0.527. The number of carbonyl (C=O) groups excluding carboxylic acids is 3.